The maximum absolute atomic E-state index is 4.92. The first-order valence-electron chi connectivity index (χ1n) is 10.2. The maximum atomic E-state index is 4.92. The Bertz CT molecular complexity index is 894. The van der Waals surface area contributed by atoms with Gasteiger partial charge in [-0.15, -0.1) is 0 Å². The van der Waals surface area contributed by atoms with Crippen molar-refractivity contribution in [3.05, 3.63) is 35.4 Å². The van der Waals surface area contributed by atoms with Crippen LogP contribution in [0, 0.1) is 0 Å². The molecule has 28 heavy (non-hydrogen) atoms. The lowest BCUT2D eigenvalue weighted by Gasteiger charge is -2.36. The van der Waals surface area contributed by atoms with E-state index >= 15 is 0 Å². The van der Waals surface area contributed by atoms with Gasteiger partial charge in [0, 0.05) is 56.7 Å². The number of nitrogens with zero attached hydrogens (tertiary/aromatic N) is 5. The first-order valence-corrected chi connectivity index (χ1v) is 10.2. The Morgan fingerprint density at radius 3 is 2.79 bits per heavy atom. The molecule has 2 saturated heterocycles. The molecule has 0 amide bonds. The fourth-order valence-electron chi connectivity index (χ4n) is 4.39. The standard InChI is InChI=1S/C21H27N7/c1-3-27(2)20-9-19(24-16-5-4-14-10-22-11-15(14)8-16)25-21(26-20)28-17-6-7-18(28)13-23-12-17/h4-5,8-9,11,17-18,23H,3,6-7,10,12-13H2,1-2H3,(H,24,25,26). The van der Waals surface area contributed by atoms with Crippen LogP contribution in [0.5, 0.6) is 0 Å². The molecule has 0 radical (unpaired) electrons. The summed E-state index contributed by atoms with van der Waals surface area (Å²) in [4.78, 5) is 18.8. The van der Waals surface area contributed by atoms with Gasteiger partial charge in [0.15, 0.2) is 0 Å². The number of benzene rings is 1. The van der Waals surface area contributed by atoms with Crippen molar-refractivity contribution in [1.82, 2.24) is 15.3 Å². The summed E-state index contributed by atoms with van der Waals surface area (Å²) < 4.78 is 0. The lowest BCUT2D eigenvalue weighted by Crippen LogP contribution is -2.52. The molecule has 3 aliphatic rings. The van der Waals surface area contributed by atoms with Gasteiger partial charge >= 0.3 is 0 Å². The maximum Gasteiger partial charge on any atom is 0.229 e. The molecule has 3 aliphatic heterocycles. The number of hydrogen-bond acceptors (Lipinski definition) is 7. The minimum atomic E-state index is 0.491. The molecule has 4 heterocycles. The summed E-state index contributed by atoms with van der Waals surface area (Å²) in [5.74, 6) is 2.64. The van der Waals surface area contributed by atoms with Gasteiger partial charge in [0.05, 0.1) is 6.54 Å². The van der Waals surface area contributed by atoms with Gasteiger partial charge in [-0.05, 0) is 43.0 Å². The molecule has 0 spiro atoms. The molecule has 2 N–H and O–H groups in total. The Labute approximate surface area is 165 Å². The van der Waals surface area contributed by atoms with Crippen LogP contribution in [0.15, 0.2) is 29.3 Å². The molecule has 7 heteroatoms. The van der Waals surface area contributed by atoms with Crippen molar-refractivity contribution in [2.75, 3.05) is 41.8 Å². The smallest absolute Gasteiger partial charge is 0.229 e. The molecule has 146 valence electrons. The Morgan fingerprint density at radius 2 is 2.00 bits per heavy atom. The van der Waals surface area contributed by atoms with Crippen LogP contribution in [0.4, 0.5) is 23.3 Å². The predicted molar refractivity (Wildman–Crippen MR) is 114 cm³/mol. The third-order valence-electron chi connectivity index (χ3n) is 6.09. The molecular formula is C21H27N7. The van der Waals surface area contributed by atoms with Crippen molar-refractivity contribution in [2.45, 2.75) is 38.4 Å². The van der Waals surface area contributed by atoms with Crippen molar-refractivity contribution in [3.63, 3.8) is 0 Å². The third kappa shape index (κ3) is 3.09. The second-order valence-electron chi connectivity index (χ2n) is 7.88. The number of anilines is 4. The van der Waals surface area contributed by atoms with E-state index in [1.165, 1.54) is 24.0 Å². The molecule has 1 aromatic heterocycles. The third-order valence-corrected chi connectivity index (χ3v) is 6.09. The van der Waals surface area contributed by atoms with E-state index in [1.807, 2.05) is 12.3 Å². The van der Waals surface area contributed by atoms with Crippen LogP contribution in [0.1, 0.15) is 30.9 Å². The van der Waals surface area contributed by atoms with Crippen molar-refractivity contribution in [1.29, 1.82) is 0 Å². The van der Waals surface area contributed by atoms with Gasteiger partial charge in [-0.25, -0.2) is 0 Å². The van der Waals surface area contributed by atoms with Crippen LogP contribution in [0.25, 0.3) is 0 Å². The molecule has 7 nitrogen and oxygen atoms in total. The second-order valence-corrected chi connectivity index (χ2v) is 7.88. The van der Waals surface area contributed by atoms with Gasteiger partial charge in [0.1, 0.15) is 11.6 Å². The van der Waals surface area contributed by atoms with Gasteiger partial charge in [-0.1, -0.05) is 6.07 Å². The van der Waals surface area contributed by atoms with Crippen LogP contribution in [0.2, 0.25) is 0 Å². The summed E-state index contributed by atoms with van der Waals surface area (Å²) in [6.07, 6.45) is 4.37. The lowest BCUT2D eigenvalue weighted by molar-refractivity contribution is 0.477. The zero-order valence-corrected chi connectivity index (χ0v) is 16.5. The fourth-order valence-corrected chi connectivity index (χ4v) is 4.39. The quantitative estimate of drug-likeness (QED) is 0.835. The summed E-state index contributed by atoms with van der Waals surface area (Å²) in [7, 11) is 2.08. The summed E-state index contributed by atoms with van der Waals surface area (Å²) in [5, 5.41) is 7.04. The number of nitrogens with one attached hydrogen (secondary N) is 2. The van der Waals surface area contributed by atoms with E-state index in [4.69, 9.17) is 9.97 Å². The van der Waals surface area contributed by atoms with Crippen LogP contribution in [-0.4, -0.2) is 54.9 Å². The van der Waals surface area contributed by atoms with Gasteiger partial charge in [0.25, 0.3) is 0 Å². The average molecular weight is 377 g/mol. The average Bonchev–Trinajstić information content (AvgIpc) is 3.28. The first-order chi connectivity index (χ1) is 13.7. The lowest BCUT2D eigenvalue weighted by atomic mass is 10.1. The minimum Gasteiger partial charge on any atom is -0.360 e. The highest BCUT2D eigenvalue weighted by molar-refractivity contribution is 5.86. The highest BCUT2D eigenvalue weighted by Gasteiger charge is 2.38. The largest absolute Gasteiger partial charge is 0.360 e. The van der Waals surface area contributed by atoms with Crippen molar-refractivity contribution in [2.24, 2.45) is 4.99 Å². The van der Waals surface area contributed by atoms with E-state index in [9.17, 15) is 0 Å². The zero-order valence-electron chi connectivity index (χ0n) is 16.5. The summed E-state index contributed by atoms with van der Waals surface area (Å²) in [6, 6.07) is 9.41. The summed E-state index contributed by atoms with van der Waals surface area (Å²) in [5.41, 5.74) is 3.49. The Morgan fingerprint density at radius 1 is 1.18 bits per heavy atom. The number of hydrogen-bond donors (Lipinski definition) is 2. The molecule has 2 bridgehead atoms. The van der Waals surface area contributed by atoms with Gasteiger partial charge in [-0.2, -0.15) is 9.97 Å². The Kier molecular flexibility index (Phi) is 4.39. The number of piperazine rings is 1. The predicted octanol–water partition coefficient (Wildman–Crippen LogP) is 2.55. The summed E-state index contributed by atoms with van der Waals surface area (Å²) in [6.45, 7) is 5.86. The van der Waals surface area contributed by atoms with Crippen molar-refractivity contribution < 1.29 is 0 Å². The van der Waals surface area contributed by atoms with Crippen molar-refractivity contribution >= 4 is 29.5 Å². The highest BCUT2D eigenvalue weighted by atomic mass is 15.4. The molecule has 0 aliphatic carbocycles. The van der Waals surface area contributed by atoms with E-state index < -0.39 is 0 Å². The Hall–Kier alpha value is -2.67. The van der Waals surface area contributed by atoms with E-state index in [0.717, 1.165) is 49.5 Å². The molecule has 2 aromatic rings. The molecule has 0 saturated carbocycles. The van der Waals surface area contributed by atoms with E-state index in [1.54, 1.807) is 0 Å². The second kappa shape index (κ2) is 7.05. The number of aromatic nitrogens is 2. The molecule has 2 unspecified atom stereocenters. The molecule has 2 fully saturated rings. The van der Waals surface area contributed by atoms with Crippen LogP contribution < -0.4 is 20.4 Å². The van der Waals surface area contributed by atoms with Gasteiger partial charge in [-0.3, -0.25) is 4.99 Å². The van der Waals surface area contributed by atoms with Crippen molar-refractivity contribution in [3.8, 4) is 0 Å². The van der Waals surface area contributed by atoms with Gasteiger partial charge < -0.3 is 20.4 Å². The van der Waals surface area contributed by atoms with Crippen LogP contribution in [0.3, 0.4) is 0 Å². The van der Waals surface area contributed by atoms with E-state index in [0.29, 0.717) is 12.1 Å². The fraction of sp³-hybridized carbons (Fsp3) is 0.476. The number of aliphatic imine (C=N–C) groups is 1. The topological polar surface area (TPSA) is 68.7 Å². The SMILES string of the molecule is CCN(C)c1cc(Nc2ccc3c(c2)C=NC3)nc(N2C3CCC2CNC3)n1. The minimum absolute atomic E-state index is 0.491. The monoisotopic (exact) mass is 377 g/mol. The van der Waals surface area contributed by atoms with E-state index in [2.05, 4.69) is 57.6 Å². The van der Waals surface area contributed by atoms with Gasteiger partial charge in [0.2, 0.25) is 5.95 Å². The van der Waals surface area contributed by atoms with Crippen LogP contribution >= 0.6 is 0 Å². The molecule has 5 rings (SSSR count). The molecule has 1 aromatic carbocycles. The Balaban J connectivity index is 1.49. The highest BCUT2D eigenvalue weighted by Crippen LogP contribution is 2.33. The number of fused-ring (bicyclic) bond motifs is 3. The number of rotatable bonds is 5. The zero-order chi connectivity index (χ0) is 19.1. The molecule has 2 atom stereocenters. The molecular weight excluding hydrogens is 350 g/mol. The normalized spacial score (nSPS) is 22.4. The van der Waals surface area contributed by atoms with Crippen LogP contribution in [-0.2, 0) is 6.54 Å². The summed E-state index contributed by atoms with van der Waals surface area (Å²) >= 11 is 0. The van der Waals surface area contributed by atoms with E-state index in [-0.39, 0.29) is 0 Å². The first kappa shape index (κ1) is 17.4.